The molecule has 1 rings (SSSR count). The van der Waals surface area contributed by atoms with Gasteiger partial charge >= 0.3 is 0 Å². The van der Waals surface area contributed by atoms with Gasteiger partial charge in [-0.1, -0.05) is 64.2 Å². The standard InChI is InChI=1S/C17H28FN/c1-3-5-6-7-8-12-16(19-4-2)14-15-11-9-10-13-17(15)18/h9-11,13,16,19H,3-8,12,14H2,1-2H3. The predicted molar refractivity (Wildman–Crippen MR) is 80.9 cm³/mol. The summed E-state index contributed by atoms with van der Waals surface area (Å²) in [5.74, 6) is -0.0728. The Hall–Kier alpha value is -0.890. The fourth-order valence-electron chi connectivity index (χ4n) is 2.49. The van der Waals surface area contributed by atoms with E-state index in [9.17, 15) is 4.39 Å². The fourth-order valence-corrected chi connectivity index (χ4v) is 2.49. The number of rotatable bonds is 10. The zero-order chi connectivity index (χ0) is 13.9. The molecular formula is C17H28FN. The van der Waals surface area contributed by atoms with Crippen LogP contribution in [0.15, 0.2) is 24.3 Å². The van der Waals surface area contributed by atoms with Gasteiger partial charge in [-0.25, -0.2) is 4.39 Å². The predicted octanol–water partition coefficient (Wildman–Crippen LogP) is 4.71. The summed E-state index contributed by atoms with van der Waals surface area (Å²) in [4.78, 5) is 0. The molecule has 0 heterocycles. The first kappa shape index (κ1) is 16.2. The van der Waals surface area contributed by atoms with Gasteiger partial charge in [0, 0.05) is 6.04 Å². The van der Waals surface area contributed by atoms with Gasteiger partial charge in [0.1, 0.15) is 5.82 Å². The normalized spacial score (nSPS) is 12.6. The first-order chi connectivity index (χ1) is 9.27. The molecule has 1 nitrogen and oxygen atoms in total. The largest absolute Gasteiger partial charge is 0.314 e. The molecule has 0 aromatic heterocycles. The summed E-state index contributed by atoms with van der Waals surface area (Å²) in [6.45, 7) is 5.30. The van der Waals surface area contributed by atoms with Crippen molar-refractivity contribution in [2.45, 2.75) is 64.8 Å². The summed E-state index contributed by atoms with van der Waals surface area (Å²) in [6, 6.07) is 7.54. The monoisotopic (exact) mass is 265 g/mol. The van der Waals surface area contributed by atoms with E-state index in [1.165, 1.54) is 32.1 Å². The molecule has 108 valence electrons. The first-order valence-electron chi connectivity index (χ1n) is 7.74. The van der Waals surface area contributed by atoms with Crippen LogP contribution in [0.4, 0.5) is 4.39 Å². The van der Waals surface area contributed by atoms with Crippen molar-refractivity contribution in [2.75, 3.05) is 6.54 Å². The fraction of sp³-hybridized carbons (Fsp3) is 0.647. The van der Waals surface area contributed by atoms with Gasteiger partial charge in [0.15, 0.2) is 0 Å². The Bertz CT molecular complexity index is 338. The molecule has 2 heteroatoms. The highest BCUT2D eigenvalue weighted by Crippen LogP contribution is 2.14. The molecule has 0 radical (unpaired) electrons. The summed E-state index contributed by atoms with van der Waals surface area (Å²) < 4.78 is 13.7. The van der Waals surface area contributed by atoms with Gasteiger partial charge in [0.2, 0.25) is 0 Å². The van der Waals surface area contributed by atoms with Gasteiger partial charge in [0.25, 0.3) is 0 Å². The van der Waals surface area contributed by atoms with Crippen LogP contribution in [0, 0.1) is 5.82 Å². The van der Waals surface area contributed by atoms with Crippen molar-refractivity contribution in [1.82, 2.24) is 5.32 Å². The third-order valence-electron chi connectivity index (χ3n) is 3.57. The Morgan fingerprint density at radius 2 is 1.79 bits per heavy atom. The molecule has 1 atom stereocenters. The Kier molecular flexibility index (Phi) is 8.48. The molecule has 0 aliphatic heterocycles. The second kappa shape index (κ2) is 9.96. The number of benzene rings is 1. The molecule has 0 aliphatic rings. The van der Waals surface area contributed by atoms with Crippen LogP contribution < -0.4 is 5.32 Å². The lowest BCUT2D eigenvalue weighted by Gasteiger charge is -2.18. The molecule has 1 aromatic carbocycles. The maximum Gasteiger partial charge on any atom is 0.126 e. The average Bonchev–Trinajstić information content (AvgIpc) is 2.41. The van der Waals surface area contributed by atoms with Gasteiger partial charge in [0.05, 0.1) is 0 Å². The molecule has 0 saturated carbocycles. The highest BCUT2D eigenvalue weighted by Gasteiger charge is 2.10. The van der Waals surface area contributed by atoms with E-state index in [1.54, 1.807) is 12.1 Å². The minimum Gasteiger partial charge on any atom is -0.314 e. The summed E-state index contributed by atoms with van der Waals surface area (Å²) in [5, 5.41) is 3.48. The third kappa shape index (κ3) is 6.72. The van der Waals surface area contributed by atoms with E-state index in [0.717, 1.165) is 24.9 Å². The van der Waals surface area contributed by atoms with Gasteiger partial charge in [-0.05, 0) is 31.0 Å². The minimum atomic E-state index is -0.0728. The van der Waals surface area contributed by atoms with Crippen LogP contribution in [0.1, 0.15) is 57.9 Å². The van der Waals surface area contributed by atoms with E-state index >= 15 is 0 Å². The molecule has 0 amide bonds. The molecule has 0 fully saturated rings. The molecule has 1 aromatic rings. The molecule has 19 heavy (non-hydrogen) atoms. The van der Waals surface area contributed by atoms with Gasteiger partial charge in [-0.15, -0.1) is 0 Å². The second-order valence-electron chi connectivity index (χ2n) is 5.25. The quantitative estimate of drug-likeness (QED) is 0.604. The van der Waals surface area contributed by atoms with E-state index in [-0.39, 0.29) is 5.82 Å². The van der Waals surface area contributed by atoms with Crippen molar-refractivity contribution in [3.8, 4) is 0 Å². The molecule has 0 aliphatic carbocycles. The van der Waals surface area contributed by atoms with Crippen LogP contribution >= 0.6 is 0 Å². The Morgan fingerprint density at radius 1 is 1.05 bits per heavy atom. The highest BCUT2D eigenvalue weighted by molar-refractivity contribution is 5.18. The van der Waals surface area contributed by atoms with Crippen molar-refractivity contribution in [1.29, 1.82) is 0 Å². The lowest BCUT2D eigenvalue weighted by Crippen LogP contribution is -2.31. The molecular weight excluding hydrogens is 237 g/mol. The van der Waals surface area contributed by atoms with Gasteiger partial charge < -0.3 is 5.32 Å². The van der Waals surface area contributed by atoms with E-state index in [4.69, 9.17) is 0 Å². The first-order valence-corrected chi connectivity index (χ1v) is 7.74. The number of halogens is 1. The summed E-state index contributed by atoms with van der Waals surface area (Å²) in [7, 11) is 0. The lowest BCUT2D eigenvalue weighted by molar-refractivity contribution is 0.453. The van der Waals surface area contributed by atoms with Crippen LogP contribution in [-0.2, 0) is 6.42 Å². The smallest absolute Gasteiger partial charge is 0.126 e. The van der Waals surface area contributed by atoms with E-state index in [0.29, 0.717) is 6.04 Å². The second-order valence-corrected chi connectivity index (χ2v) is 5.25. The third-order valence-corrected chi connectivity index (χ3v) is 3.57. The van der Waals surface area contributed by atoms with Crippen LogP contribution in [0.2, 0.25) is 0 Å². The zero-order valence-electron chi connectivity index (χ0n) is 12.4. The summed E-state index contributed by atoms with van der Waals surface area (Å²) in [6.07, 6.45) is 8.43. The average molecular weight is 265 g/mol. The number of hydrogen-bond acceptors (Lipinski definition) is 1. The Balaban J connectivity index is 2.37. The molecule has 0 bridgehead atoms. The van der Waals surface area contributed by atoms with E-state index in [2.05, 4.69) is 19.2 Å². The van der Waals surface area contributed by atoms with Crippen LogP contribution in [0.3, 0.4) is 0 Å². The SMILES string of the molecule is CCCCCCCC(Cc1ccccc1F)NCC. The van der Waals surface area contributed by atoms with Crippen LogP contribution in [0.25, 0.3) is 0 Å². The molecule has 0 saturated heterocycles. The van der Waals surface area contributed by atoms with Gasteiger partial charge in [-0.3, -0.25) is 0 Å². The van der Waals surface area contributed by atoms with Gasteiger partial charge in [-0.2, -0.15) is 0 Å². The van der Waals surface area contributed by atoms with Crippen molar-refractivity contribution in [2.24, 2.45) is 0 Å². The van der Waals surface area contributed by atoms with Crippen LogP contribution in [-0.4, -0.2) is 12.6 Å². The van der Waals surface area contributed by atoms with Crippen LogP contribution in [0.5, 0.6) is 0 Å². The van der Waals surface area contributed by atoms with E-state index in [1.807, 2.05) is 12.1 Å². The topological polar surface area (TPSA) is 12.0 Å². The Labute approximate surface area is 117 Å². The molecule has 1 unspecified atom stereocenters. The number of nitrogens with one attached hydrogen (secondary N) is 1. The highest BCUT2D eigenvalue weighted by atomic mass is 19.1. The summed E-state index contributed by atoms with van der Waals surface area (Å²) in [5.41, 5.74) is 0.835. The summed E-state index contributed by atoms with van der Waals surface area (Å²) >= 11 is 0. The number of hydrogen-bond donors (Lipinski definition) is 1. The maximum atomic E-state index is 13.7. The van der Waals surface area contributed by atoms with Crippen molar-refractivity contribution >= 4 is 0 Å². The molecule has 1 N–H and O–H groups in total. The lowest BCUT2D eigenvalue weighted by atomic mass is 9.99. The zero-order valence-corrected chi connectivity index (χ0v) is 12.4. The van der Waals surface area contributed by atoms with Crippen molar-refractivity contribution in [3.05, 3.63) is 35.6 Å². The Morgan fingerprint density at radius 3 is 2.47 bits per heavy atom. The van der Waals surface area contributed by atoms with Crippen molar-refractivity contribution < 1.29 is 4.39 Å². The maximum absolute atomic E-state index is 13.7. The minimum absolute atomic E-state index is 0.0728. The van der Waals surface area contributed by atoms with E-state index < -0.39 is 0 Å². The molecule has 0 spiro atoms. The number of likely N-dealkylation sites (N-methyl/N-ethyl adjacent to an activating group) is 1. The number of unbranched alkanes of at least 4 members (excludes halogenated alkanes) is 4. The van der Waals surface area contributed by atoms with Crippen molar-refractivity contribution in [3.63, 3.8) is 0 Å².